The highest BCUT2D eigenvalue weighted by molar-refractivity contribution is 6.00. The monoisotopic (exact) mass is 1140 g/mol. The summed E-state index contributed by atoms with van der Waals surface area (Å²) in [5, 5.41) is 51.9. The standard InChI is InChI=1S/C57H73FN10O14/c1-9-33-34-22-40(38(58)24-39(34)64-50-35(33)26-68-42(50)23-37-36(55(68)79)27-82-56(80)57(37,81)10-2)63-46(72)25-60-51(75)30(7)61-53(77)48(28(3)4)66-44(70)17-19-59-20-18-45(71)67-49(29(5)6)54(78)62-31(8)52(76)65-41-21-32(15-16-43(41)69)13-11-12-14-47(73)74/h15-16,21-24,28-31,48-49,59,69,81H,9-14,17-20,25-27H2,1-8H3,(H,60,75)(H,61,77)(H,62,78)(H,63,72)(H,65,76)(H,66,70)(H,67,71)(H,73,74)/t30-,31-,48-,49-,57-/m0/s1. The zero-order chi connectivity index (χ0) is 60.3. The highest BCUT2D eigenvalue weighted by Crippen LogP contribution is 2.41. The molecule has 0 saturated heterocycles. The van der Waals surface area contributed by atoms with Gasteiger partial charge in [0.05, 0.1) is 46.9 Å². The number of rotatable bonds is 27. The number of carboxylic acids is 1. The molecule has 0 fully saturated rings. The lowest BCUT2D eigenvalue weighted by atomic mass is 9.86. The lowest BCUT2D eigenvalue weighted by molar-refractivity contribution is -0.172. The molecular weight excluding hydrogens is 1070 g/mol. The SMILES string of the molecule is CCc1c2c(nc3cc(F)c(NC(=O)CNC(=O)[C@H](C)NC(=O)[C@@H](NC(=O)CCNCCC(=O)N[C@H](C(=O)N[C@@H](C)C(=O)Nc4cc(CCCCC(=O)O)ccc4O)C(C)C)C(C)C)cc13)-c1cc3c(c(=O)n1C2)COC(=O)[C@]3(O)CC. The minimum absolute atomic E-state index is 0.0290. The van der Waals surface area contributed by atoms with Crippen molar-refractivity contribution in [3.8, 4) is 17.1 Å². The minimum atomic E-state index is -2.02. The molecule has 5 atom stereocenters. The molecule has 2 aliphatic heterocycles. The number of pyridine rings is 2. The van der Waals surface area contributed by atoms with Crippen LogP contribution in [0.5, 0.6) is 5.75 Å². The molecule has 2 aliphatic rings. The van der Waals surface area contributed by atoms with Crippen molar-refractivity contribution in [3.63, 3.8) is 0 Å². The Morgan fingerprint density at radius 3 is 1.95 bits per heavy atom. The van der Waals surface area contributed by atoms with Crippen LogP contribution < -0.4 is 48.1 Å². The number of hydrogen-bond acceptors (Lipinski definition) is 15. The van der Waals surface area contributed by atoms with Crippen LogP contribution in [0.25, 0.3) is 22.3 Å². The van der Waals surface area contributed by atoms with Crippen molar-refractivity contribution in [1.29, 1.82) is 0 Å². The number of nitrogens with zero attached hydrogens (tertiary/aromatic N) is 2. The molecule has 4 aromatic rings. The molecule has 11 N–H and O–H groups in total. The van der Waals surface area contributed by atoms with Crippen LogP contribution in [0.1, 0.15) is 122 Å². The first kappa shape index (κ1) is 62.9. The van der Waals surface area contributed by atoms with Gasteiger partial charge in [-0.3, -0.25) is 43.2 Å². The lowest BCUT2D eigenvalue weighted by Crippen LogP contribution is -2.55. The number of unbranched alkanes of at least 4 members (excludes halogenated alkanes) is 1. The highest BCUT2D eigenvalue weighted by Gasteiger charge is 2.45. The van der Waals surface area contributed by atoms with Crippen molar-refractivity contribution in [2.75, 3.05) is 30.3 Å². The second kappa shape index (κ2) is 27.4. The second-order valence-electron chi connectivity index (χ2n) is 21.2. The van der Waals surface area contributed by atoms with Gasteiger partial charge in [-0.15, -0.1) is 0 Å². The molecule has 7 amide bonds. The van der Waals surface area contributed by atoms with Gasteiger partial charge < -0.3 is 67.2 Å². The van der Waals surface area contributed by atoms with Gasteiger partial charge in [0, 0.05) is 54.9 Å². The number of halogens is 1. The van der Waals surface area contributed by atoms with E-state index in [0.717, 1.165) is 17.2 Å². The van der Waals surface area contributed by atoms with Crippen LogP contribution in [0.3, 0.4) is 0 Å². The van der Waals surface area contributed by atoms with E-state index in [1.165, 1.54) is 30.5 Å². The van der Waals surface area contributed by atoms with E-state index in [9.17, 15) is 58.2 Å². The number of hydrogen-bond donors (Lipinski definition) is 11. The number of cyclic esters (lactones) is 1. The number of nitrogens with one attached hydrogen (secondary N) is 8. The Morgan fingerprint density at radius 2 is 1.37 bits per heavy atom. The molecule has 24 nitrogen and oxygen atoms in total. The van der Waals surface area contributed by atoms with Crippen LogP contribution in [0.2, 0.25) is 0 Å². The van der Waals surface area contributed by atoms with Crippen molar-refractivity contribution in [3.05, 3.63) is 80.4 Å². The molecule has 0 radical (unpaired) electrons. The molecule has 0 unspecified atom stereocenters. The molecule has 4 heterocycles. The topological polar surface area (TPSA) is 355 Å². The number of esters is 1. The molecule has 6 rings (SSSR count). The summed E-state index contributed by atoms with van der Waals surface area (Å²) in [7, 11) is 0. The Morgan fingerprint density at radius 1 is 0.744 bits per heavy atom. The number of aromatic nitrogens is 2. The number of aromatic hydroxyl groups is 1. The third-order valence-corrected chi connectivity index (χ3v) is 14.5. The summed E-state index contributed by atoms with van der Waals surface area (Å²) in [5.74, 6) is -7.99. The van der Waals surface area contributed by atoms with E-state index in [4.69, 9.17) is 14.8 Å². The van der Waals surface area contributed by atoms with Crippen LogP contribution in [-0.2, 0) is 79.5 Å². The zero-order valence-electron chi connectivity index (χ0n) is 47.2. The number of aryl methyl sites for hydroxylation is 2. The molecule has 0 saturated carbocycles. The van der Waals surface area contributed by atoms with E-state index >= 15 is 4.39 Å². The van der Waals surface area contributed by atoms with Gasteiger partial charge >= 0.3 is 11.9 Å². The summed E-state index contributed by atoms with van der Waals surface area (Å²) >= 11 is 0. The second-order valence-corrected chi connectivity index (χ2v) is 21.2. The number of fused-ring (bicyclic) bond motifs is 5. The smallest absolute Gasteiger partial charge is 0.343 e. The van der Waals surface area contributed by atoms with Gasteiger partial charge in [0.1, 0.15) is 42.3 Å². The Labute approximate surface area is 472 Å². The molecule has 2 aromatic carbocycles. The van der Waals surface area contributed by atoms with Gasteiger partial charge in [-0.1, -0.05) is 47.6 Å². The molecule has 2 aromatic heterocycles. The van der Waals surface area contributed by atoms with Gasteiger partial charge in [-0.2, -0.15) is 0 Å². The van der Waals surface area contributed by atoms with Crippen LogP contribution in [-0.4, -0.2) is 122 Å². The van der Waals surface area contributed by atoms with E-state index < -0.39 is 107 Å². The van der Waals surface area contributed by atoms with Gasteiger partial charge in [-0.25, -0.2) is 14.2 Å². The molecule has 0 aliphatic carbocycles. The summed E-state index contributed by atoms with van der Waals surface area (Å²) in [6.07, 6.45) is 1.85. The fraction of sp³-hybridized carbons (Fsp3) is 0.491. The molecular formula is C57H73FN10O14. The normalized spacial score (nSPS) is 15.7. The number of amides is 7. The van der Waals surface area contributed by atoms with E-state index in [1.54, 1.807) is 52.8 Å². The molecule has 442 valence electrons. The summed E-state index contributed by atoms with van der Waals surface area (Å²) in [6.45, 7) is 12.6. The third kappa shape index (κ3) is 15.0. The van der Waals surface area contributed by atoms with E-state index in [2.05, 4.69) is 42.5 Å². The molecule has 0 spiro atoms. The first-order chi connectivity index (χ1) is 38.8. The summed E-state index contributed by atoms with van der Waals surface area (Å²) < 4.78 is 22.3. The predicted molar refractivity (Wildman–Crippen MR) is 298 cm³/mol. The molecule has 0 bridgehead atoms. The summed E-state index contributed by atoms with van der Waals surface area (Å²) in [4.78, 5) is 134. The van der Waals surface area contributed by atoms with Crippen LogP contribution >= 0.6 is 0 Å². The van der Waals surface area contributed by atoms with Gasteiger partial charge in [0.2, 0.25) is 41.4 Å². The number of phenolic OH excluding ortho intramolecular Hbond substituents is 1. The molecule has 25 heteroatoms. The van der Waals surface area contributed by atoms with Crippen LogP contribution in [0.15, 0.2) is 41.2 Å². The Kier molecular flexibility index (Phi) is 21.0. The number of carboxylic acid groups (broad SMARTS) is 1. The highest BCUT2D eigenvalue weighted by atomic mass is 19.1. The van der Waals surface area contributed by atoms with E-state index in [1.807, 2.05) is 6.92 Å². The van der Waals surface area contributed by atoms with Crippen LogP contribution in [0, 0.1) is 17.7 Å². The third-order valence-electron chi connectivity index (χ3n) is 14.5. The Balaban J connectivity index is 0.924. The Hall–Kier alpha value is -8.32. The lowest BCUT2D eigenvalue weighted by Gasteiger charge is -2.31. The van der Waals surface area contributed by atoms with Gasteiger partial charge in [0.15, 0.2) is 5.60 Å². The van der Waals surface area contributed by atoms with Crippen molar-refractivity contribution in [2.24, 2.45) is 11.8 Å². The number of ether oxygens (including phenoxy) is 1. The molecule has 82 heavy (non-hydrogen) atoms. The van der Waals surface area contributed by atoms with Gasteiger partial charge in [-0.05, 0) is 93.2 Å². The number of aliphatic hydroxyl groups is 1. The fourth-order valence-corrected chi connectivity index (χ4v) is 9.71. The van der Waals surface area contributed by atoms with E-state index in [-0.39, 0.29) is 91.6 Å². The first-order valence-electron chi connectivity index (χ1n) is 27.4. The van der Waals surface area contributed by atoms with Crippen molar-refractivity contribution in [2.45, 2.75) is 150 Å². The van der Waals surface area contributed by atoms with Crippen LogP contribution in [0.4, 0.5) is 15.8 Å². The largest absolute Gasteiger partial charge is 0.506 e. The number of phenols is 1. The average Bonchev–Trinajstić information content (AvgIpc) is 3.24. The number of anilines is 2. The first-order valence-corrected chi connectivity index (χ1v) is 27.4. The maximum absolute atomic E-state index is 15.7. The maximum atomic E-state index is 15.7. The number of carbonyl (C=O) groups excluding carboxylic acids is 8. The van der Waals surface area contributed by atoms with E-state index in [0.29, 0.717) is 48.0 Å². The van der Waals surface area contributed by atoms with Crippen molar-refractivity contribution >= 4 is 75.6 Å². The zero-order valence-corrected chi connectivity index (χ0v) is 47.2. The van der Waals surface area contributed by atoms with Crippen molar-refractivity contribution in [1.82, 2.24) is 41.5 Å². The average molecular weight is 1140 g/mol. The maximum Gasteiger partial charge on any atom is 0.343 e. The quantitative estimate of drug-likeness (QED) is 0.0205. The summed E-state index contributed by atoms with van der Waals surface area (Å²) in [6, 6.07) is 4.49. The number of benzene rings is 2. The minimum Gasteiger partial charge on any atom is -0.506 e. The van der Waals surface area contributed by atoms with Crippen molar-refractivity contribution < 1.29 is 67.6 Å². The fourth-order valence-electron chi connectivity index (χ4n) is 9.71. The van der Waals surface area contributed by atoms with Gasteiger partial charge in [0.25, 0.3) is 5.56 Å². The predicted octanol–water partition coefficient (Wildman–Crippen LogP) is 2.64. The summed E-state index contributed by atoms with van der Waals surface area (Å²) in [5.41, 5.74) is 0.914. The Bertz CT molecular complexity index is 3220. The number of aliphatic carboxylic acids is 1. The number of carbonyl (C=O) groups is 9.